The molecule has 10 atom stereocenters. The van der Waals surface area contributed by atoms with E-state index in [2.05, 4.69) is 0 Å². The summed E-state index contributed by atoms with van der Waals surface area (Å²) < 4.78 is 22.3. The van der Waals surface area contributed by atoms with Gasteiger partial charge >= 0.3 is 23.9 Å². The van der Waals surface area contributed by atoms with E-state index in [1.54, 1.807) is 27.7 Å². The quantitative estimate of drug-likeness (QED) is 0.412. The molecule has 3 aliphatic carbocycles. The van der Waals surface area contributed by atoms with Gasteiger partial charge in [0.1, 0.15) is 6.10 Å². The lowest BCUT2D eigenvalue weighted by Crippen LogP contribution is -2.76. The predicted octanol–water partition coefficient (Wildman–Crippen LogP) is 1.72. The summed E-state index contributed by atoms with van der Waals surface area (Å²) >= 11 is 0. The molecule has 4 aliphatic rings. The highest BCUT2D eigenvalue weighted by molar-refractivity contribution is 5.99. The molecule has 1 aliphatic heterocycles. The number of hydrogen-bond acceptors (Lipinski definition) is 10. The highest BCUT2D eigenvalue weighted by atomic mass is 16.6. The van der Waals surface area contributed by atoms with Crippen molar-refractivity contribution in [3.8, 4) is 0 Å². The Balaban J connectivity index is 1.99. The van der Waals surface area contributed by atoms with Crippen molar-refractivity contribution < 1.29 is 47.7 Å². The lowest BCUT2D eigenvalue weighted by molar-refractivity contribution is -0.269. The Labute approximate surface area is 209 Å². The van der Waals surface area contributed by atoms with Crippen LogP contribution in [0.2, 0.25) is 0 Å². The van der Waals surface area contributed by atoms with Gasteiger partial charge in [0.05, 0.1) is 0 Å². The van der Waals surface area contributed by atoms with Crippen molar-refractivity contribution in [2.45, 2.75) is 79.3 Å². The third-order valence-electron chi connectivity index (χ3n) is 8.90. The number of rotatable bonds is 3. The van der Waals surface area contributed by atoms with E-state index in [1.807, 2.05) is 0 Å². The van der Waals surface area contributed by atoms with Crippen LogP contribution in [-0.2, 0) is 47.7 Å². The van der Waals surface area contributed by atoms with Crippen LogP contribution in [0.1, 0.15) is 54.9 Å². The fourth-order valence-corrected chi connectivity index (χ4v) is 7.82. The second-order valence-electron chi connectivity index (χ2n) is 11.0. The molecule has 10 heteroatoms. The largest absolute Gasteiger partial charge is 0.459 e. The maximum Gasteiger partial charge on any atom is 0.348 e. The third kappa shape index (κ3) is 3.51. The topological polar surface area (TPSA) is 139 Å². The molecule has 0 N–H and O–H groups in total. The number of ketones is 2. The van der Waals surface area contributed by atoms with Crippen LogP contribution in [0.3, 0.4) is 0 Å². The van der Waals surface area contributed by atoms with Gasteiger partial charge in [-0.3, -0.25) is 24.0 Å². The van der Waals surface area contributed by atoms with Gasteiger partial charge in [-0.05, 0) is 25.3 Å². The summed E-state index contributed by atoms with van der Waals surface area (Å²) in [5.74, 6) is -6.62. The number of fused-ring (bicyclic) bond motifs is 2. The molecule has 0 spiro atoms. The zero-order chi connectivity index (χ0) is 26.9. The number of carbonyl (C=O) groups is 6. The molecule has 196 valence electrons. The van der Waals surface area contributed by atoms with Gasteiger partial charge in [-0.2, -0.15) is 0 Å². The molecule has 0 amide bonds. The van der Waals surface area contributed by atoms with E-state index in [0.29, 0.717) is 5.57 Å². The molecule has 0 aromatic rings. The van der Waals surface area contributed by atoms with E-state index >= 15 is 0 Å². The van der Waals surface area contributed by atoms with Crippen LogP contribution in [0.5, 0.6) is 0 Å². The molecule has 0 bridgehead atoms. The number of hydrogen-bond donors (Lipinski definition) is 0. The first kappa shape index (κ1) is 26.0. The Kier molecular flexibility index (Phi) is 6.16. The smallest absolute Gasteiger partial charge is 0.348 e. The molecule has 1 heterocycles. The molecule has 1 saturated heterocycles. The minimum absolute atomic E-state index is 0.282. The summed E-state index contributed by atoms with van der Waals surface area (Å²) in [6, 6.07) is 0. The number of ether oxygens (including phenoxy) is 4. The van der Waals surface area contributed by atoms with E-state index in [1.165, 1.54) is 26.8 Å². The predicted molar refractivity (Wildman–Crippen MR) is 121 cm³/mol. The van der Waals surface area contributed by atoms with Crippen LogP contribution in [0, 0.1) is 34.5 Å². The summed E-state index contributed by atoms with van der Waals surface area (Å²) in [5, 5.41) is 0. The van der Waals surface area contributed by atoms with Gasteiger partial charge in [0.15, 0.2) is 23.8 Å². The van der Waals surface area contributed by atoms with E-state index in [4.69, 9.17) is 18.9 Å². The van der Waals surface area contributed by atoms with Crippen LogP contribution in [0.15, 0.2) is 11.6 Å². The molecular formula is C26H32O10. The third-order valence-corrected chi connectivity index (χ3v) is 8.90. The van der Waals surface area contributed by atoms with Gasteiger partial charge < -0.3 is 18.9 Å². The highest BCUT2D eigenvalue weighted by Crippen LogP contribution is 2.68. The maximum absolute atomic E-state index is 14.3. The van der Waals surface area contributed by atoms with Crippen molar-refractivity contribution in [1.29, 1.82) is 0 Å². The van der Waals surface area contributed by atoms with Gasteiger partial charge in [-0.1, -0.05) is 26.3 Å². The van der Waals surface area contributed by atoms with Crippen molar-refractivity contribution in [3.05, 3.63) is 11.6 Å². The van der Waals surface area contributed by atoms with Crippen LogP contribution < -0.4 is 0 Å². The van der Waals surface area contributed by atoms with Gasteiger partial charge in [0, 0.05) is 49.4 Å². The summed E-state index contributed by atoms with van der Waals surface area (Å²) in [4.78, 5) is 76.7. The number of esters is 4. The number of allylic oxidation sites excluding steroid dienone is 1. The minimum Gasteiger partial charge on any atom is -0.459 e. The summed E-state index contributed by atoms with van der Waals surface area (Å²) in [7, 11) is 0. The fraction of sp³-hybridized carbons (Fsp3) is 0.692. The van der Waals surface area contributed by atoms with Crippen LogP contribution >= 0.6 is 0 Å². The minimum atomic E-state index is -1.34. The van der Waals surface area contributed by atoms with E-state index in [-0.39, 0.29) is 6.42 Å². The summed E-state index contributed by atoms with van der Waals surface area (Å²) in [6.45, 7) is 10.5. The van der Waals surface area contributed by atoms with Gasteiger partial charge in [-0.25, -0.2) is 4.79 Å². The van der Waals surface area contributed by atoms with Crippen molar-refractivity contribution in [1.82, 2.24) is 0 Å². The lowest BCUT2D eigenvalue weighted by atomic mass is 9.38. The molecule has 0 aromatic carbocycles. The average Bonchev–Trinajstić information content (AvgIpc) is 2.73. The standard InChI is InChI=1S/C26H32O10/c1-10-8-16(30)23(35-14(5)29)25(6)15(10)9-17-26(7)18(21(24(32)36-17)34-13(4)28)11(2)20(33-12(3)27)19(31)22(25)26/h8,11,15,17-18,20-23H,9H2,1-7H3/t11-,15+,17-,18-,20-,21-,22-,23-,25+,26+/m1/s1. The van der Waals surface area contributed by atoms with Crippen molar-refractivity contribution in [2.75, 3.05) is 0 Å². The van der Waals surface area contributed by atoms with Crippen LogP contribution in [0.4, 0.5) is 0 Å². The second kappa shape index (κ2) is 8.52. The monoisotopic (exact) mass is 504 g/mol. The fourth-order valence-electron chi connectivity index (χ4n) is 7.82. The Morgan fingerprint density at radius 3 is 2.03 bits per heavy atom. The molecule has 0 radical (unpaired) electrons. The Bertz CT molecular complexity index is 1090. The summed E-state index contributed by atoms with van der Waals surface area (Å²) in [6.07, 6.45) is -2.92. The lowest BCUT2D eigenvalue weighted by Gasteiger charge is -2.67. The van der Waals surface area contributed by atoms with Crippen LogP contribution in [0.25, 0.3) is 0 Å². The number of Topliss-reactive ketones (excluding diaryl/α,β-unsaturated/α-hetero) is 1. The van der Waals surface area contributed by atoms with Crippen molar-refractivity contribution >= 4 is 35.4 Å². The first-order valence-electron chi connectivity index (χ1n) is 12.1. The maximum atomic E-state index is 14.3. The molecule has 0 unspecified atom stereocenters. The number of carbonyl (C=O) groups excluding carboxylic acids is 6. The highest BCUT2D eigenvalue weighted by Gasteiger charge is 2.76. The Morgan fingerprint density at radius 2 is 1.47 bits per heavy atom. The molecular weight excluding hydrogens is 472 g/mol. The Hall–Kier alpha value is -3.04. The molecule has 10 nitrogen and oxygen atoms in total. The zero-order valence-corrected chi connectivity index (χ0v) is 21.5. The van der Waals surface area contributed by atoms with E-state index in [9.17, 15) is 28.8 Å². The molecule has 2 saturated carbocycles. The average molecular weight is 505 g/mol. The zero-order valence-electron chi connectivity index (χ0n) is 21.5. The van der Waals surface area contributed by atoms with E-state index in [0.717, 1.165) is 0 Å². The van der Waals surface area contributed by atoms with Gasteiger partial charge in [0.25, 0.3) is 0 Å². The van der Waals surface area contributed by atoms with Crippen LogP contribution in [-0.4, -0.2) is 59.9 Å². The van der Waals surface area contributed by atoms with Gasteiger partial charge in [0.2, 0.25) is 6.10 Å². The normalized spacial score (nSPS) is 43.3. The summed E-state index contributed by atoms with van der Waals surface area (Å²) in [5.41, 5.74) is -1.66. The molecule has 4 rings (SSSR count). The first-order valence-corrected chi connectivity index (χ1v) is 12.1. The molecule has 36 heavy (non-hydrogen) atoms. The first-order chi connectivity index (χ1) is 16.6. The SMILES string of the molecule is CC(=O)O[C@@H]1C(=O)C=C(C)[C@@H]2C[C@H]3OC(=O)[C@H](OC(C)=O)[C@H]4[C@@H](C)[C@@H](OC(C)=O)C(=O)[C@@H]([C@]43C)[C@@]12C. The molecule has 3 fully saturated rings. The van der Waals surface area contributed by atoms with E-state index < -0.39 is 94.4 Å². The Morgan fingerprint density at radius 1 is 0.917 bits per heavy atom. The second-order valence-corrected chi connectivity index (χ2v) is 11.0. The van der Waals surface area contributed by atoms with Crippen molar-refractivity contribution in [2.24, 2.45) is 34.5 Å². The molecule has 0 aromatic heterocycles. The van der Waals surface area contributed by atoms with Crippen molar-refractivity contribution in [3.63, 3.8) is 0 Å². The van der Waals surface area contributed by atoms with Gasteiger partial charge in [-0.15, -0.1) is 0 Å².